The van der Waals surface area contributed by atoms with Gasteiger partial charge >= 0.3 is 5.69 Å². The van der Waals surface area contributed by atoms with Gasteiger partial charge in [-0.25, -0.2) is 4.79 Å². The van der Waals surface area contributed by atoms with Gasteiger partial charge in [-0.1, -0.05) is 5.16 Å². The highest BCUT2D eigenvalue weighted by atomic mass is 16.5. The van der Waals surface area contributed by atoms with E-state index >= 15 is 0 Å². The fraction of sp³-hybridized carbons (Fsp3) is 0.500. The highest BCUT2D eigenvalue weighted by Gasteiger charge is 2.30. The highest BCUT2D eigenvalue weighted by molar-refractivity contribution is 5.74. The Bertz CT molecular complexity index is 1040. The molecule has 0 saturated heterocycles. The number of aromatic amines is 1. The van der Waals surface area contributed by atoms with Crippen LogP contribution >= 0.6 is 0 Å². The van der Waals surface area contributed by atoms with Gasteiger partial charge in [0.15, 0.2) is 17.0 Å². The Morgan fingerprint density at radius 2 is 2.00 bits per heavy atom. The molecule has 3 aromatic heterocycles. The lowest BCUT2D eigenvalue weighted by atomic mass is 10.4. The van der Waals surface area contributed by atoms with Crippen LogP contribution < -0.4 is 16.1 Å². The van der Waals surface area contributed by atoms with Crippen LogP contribution in [0.2, 0.25) is 0 Å². The lowest BCUT2D eigenvalue weighted by Gasteiger charge is -2.15. The zero-order chi connectivity index (χ0) is 17.0. The highest BCUT2D eigenvalue weighted by Crippen LogP contribution is 2.38. The summed E-state index contributed by atoms with van der Waals surface area (Å²) in [5.74, 6) is 2.19. The molecule has 0 spiro atoms. The molecule has 1 aliphatic carbocycles. The third kappa shape index (κ3) is 2.22. The Labute approximate surface area is 135 Å². The van der Waals surface area contributed by atoms with E-state index in [-0.39, 0.29) is 0 Å². The van der Waals surface area contributed by atoms with Crippen molar-refractivity contribution in [3.8, 4) is 0 Å². The van der Waals surface area contributed by atoms with Crippen LogP contribution in [0, 0.1) is 0 Å². The lowest BCUT2D eigenvalue weighted by Crippen LogP contribution is -2.29. The molecule has 0 bridgehead atoms. The molecule has 4 rings (SSSR count). The third-order valence-corrected chi connectivity index (χ3v) is 4.24. The van der Waals surface area contributed by atoms with Crippen molar-refractivity contribution in [2.75, 3.05) is 11.9 Å². The lowest BCUT2D eigenvalue weighted by molar-refractivity contribution is 0.374. The number of imidazole rings is 1. The SMILES string of the molecule is CN(Cc1noc(C2CC2)n1)c1nc2c(c(=O)[nH]c(=O)n2C)n1C. The number of anilines is 1. The third-order valence-electron chi connectivity index (χ3n) is 4.24. The quantitative estimate of drug-likeness (QED) is 0.707. The number of fused-ring (bicyclic) bond motifs is 1. The minimum atomic E-state index is -0.493. The van der Waals surface area contributed by atoms with E-state index < -0.39 is 11.2 Å². The smallest absolute Gasteiger partial charge is 0.329 e. The molecular weight excluding hydrogens is 314 g/mol. The maximum Gasteiger partial charge on any atom is 0.329 e. The van der Waals surface area contributed by atoms with Crippen molar-refractivity contribution >= 4 is 17.1 Å². The molecule has 3 aromatic rings. The molecule has 126 valence electrons. The van der Waals surface area contributed by atoms with E-state index in [0.717, 1.165) is 12.8 Å². The maximum absolute atomic E-state index is 12.1. The molecule has 24 heavy (non-hydrogen) atoms. The first-order valence-corrected chi connectivity index (χ1v) is 7.65. The van der Waals surface area contributed by atoms with Crippen molar-refractivity contribution in [3.63, 3.8) is 0 Å². The monoisotopic (exact) mass is 331 g/mol. The van der Waals surface area contributed by atoms with Crippen LogP contribution in [0.3, 0.4) is 0 Å². The van der Waals surface area contributed by atoms with Crippen molar-refractivity contribution in [2.45, 2.75) is 25.3 Å². The Balaban J connectivity index is 1.71. The Morgan fingerprint density at radius 1 is 1.25 bits per heavy atom. The van der Waals surface area contributed by atoms with Gasteiger partial charge in [0.1, 0.15) is 0 Å². The van der Waals surface area contributed by atoms with Crippen molar-refractivity contribution < 1.29 is 4.52 Å². The first kappa shape index (κ1) is 14.7. The second-order valence-electron chi connectivity index (χ2n) is 6.14. The first-order valence-electron chi connectivity index (χ1n) is 7.65. The van der Waals surface area contributed by atoms with E-state index in [9.17, 15) is 9.59 Å². The molecular formula is C14H17N7O3. The summed E-state index contributed by atoms with van der Waals surface area (Å²) in [7, 11) is 5.12. The molecule has 1 saturated carbocycles. The fourth-order valence-corrected chi connectivity index (χ4v) is 2.75. The summed E-state index contributed by atoms with van der Waals surface area (Å²) in [4.78, 5) is 36.7. The summed E-state index contributed by atoms with van der Waals surface area (Å²) in [6.45, 7) is 0.388. The van der Waals surface area contributed by atoms with Crippen LogP contribution in [0.5, 0.6) is 0 Å². The van der Waals surface area contributed by atoms with Crippen LogP contribution in [0.1, 0.15) is 30.5 Å². The molecule has 0 atom stereocenters. The average molecular weight is 331 g/mol. The zero-order valence-corrected chi connectivity index (χ0v) is 13.6. The van der Waals surface area contributed by atoms with Crippen LogP contribution in [0.25, 0.3) is 11.2 Å². The van der Waals surface area contributed by atoms with Crippen molar-refractivity contribution in [1.82, 2.24) is 29.2 Å². The van der Waals surface area contributed by atoms with E-state index in [4.69, 9.17) is 4.52 Å². The minimum Gasteiger partial charge on any atom is -0.339 e. The fourth-order valence-electron chi connectivity index (χ4n) is 2.75. The summed E-state index contributed by atoms with van der Waals surface area (Å²) in [5.41, 5.74) is -0.281. The van der Waals surface area contributed by atoms with Gasteiger partial charge in [0.05, 0.1) is 6.54 Å². The average Bonchev–Trinajstić information content (AvgIpc) is 3.18. The van der Waals surface area contributed by atoms with E-state index in [1.165, 1.54) is 4.57 Å². The molecule has 0 aliphatic heterocycles. The van der Waals surface area contributed by atoms with Crippen LogP contribution in [0.15, 0.2) is 14.1 Å². The maximum atomic E-state index is 12.1. The van der Waals surface area contributed by atoms with Gasteiger partial charge in [0.25, 0.3) is 5.56 Å². The predicted octanol–water partition coefficient (Wildman–Crippen LogP) is -0.143. The number of nitrogens with one attached hydrogen (secondary N) is 1. The van der Waals surface area contributed by atoms with Gasteiger partial charge in [-0.15, -0.1) is 0 Å². The van der Waals surface area contributed by atoms with Crippen molar-refractivity contribution in [2.24, 2.45) is 14.1 Å². The molecule has 0 unspecified atom stereocenters. The second kappa shape index (κ2) is 5.05. The molecule has 0 amide bonds. The van der Waals surface area contributed by atoms with Crippen LogP contribution in [-0.2, 0) is 20.6 Å². The zero-order valence-electron chi connectivity index (χ0n) is 13.6. The molecule has 10 heteroatoms. The number of aryl methyl sites for hydroxylation is 2. The topological polar surface area (TPSA) is 115 Å². The van der Waals surface area contributed by atoms with Crippen LogP contribution in [-0.4, -0.2) is 36.3 Å². The van der Waals surface area contributed by atoms with E-state index in [0.29, 0.717) is 41.3 Å². The predicted molar refractivity (Wildman–Crippen MR) is 85.0 cm³/mol. The van der Waals surface area contributed by atoms with Crippen molar-refractivity contribution in [1.29, 1.82) is 0 Å². The van der Waals surface area contributed by atoms with Gasteiger partial charge in [-0.2, -0.15) is 9.97 Å². The molecule has 1 aliphatic rings. The largest absolute Gasteiger partial charge is 0.339 e. The number of nitrogens with zero attached hydrogens (tertiary/aromatic N) is 6. The molecule has 10 nitrogen and oxygen atoms in total. The standard InChI is InChI=1S/C14H17N7O3/c1-19(6-8-15-12(24-18-8)7-4-5-7)13-16-10-9(20(13)2)11(22)17-14(23)21(10)3/h7H,4-6H2,1-3H3,(H,17,22,23). The van der Waals surface area contributed by atoms with E-state index in [2.05, 4.69) is 20.1 Å². The van der Waals surface area contributed by atoms with Gasteiger partial charge in [-0.05, 0) is 12.8 Å². The van der Waals surface area contributed by atoms with Gasteiger partial charge in [0, 0.05) is 27.1 Å². The van der Waals surface area contributed by atoms with E-state index in [1.807, 2.05) is 11.9 Å². The Morgan fingerprint density at radius 3 is 2.71 bits per heavy atom. The Kier molecular flexibility index (Phi) is 3.08. The summed E-state index contributed by atoms with van der Waals surface area (Å²) in [6, 6.07) is 0. The van der Waals surface area contributed by atoms with E-state index in [1.54, 1.807) is 18.7 Å². The Hall–Kier alpha value is -2.91. The molecule has 0 aromatic carbocycles. The molecule has 1 fully saturated rings. The number of aromatic nitrogens is 6. The summed E-state index contributed by atoms with van der Waals surface area (Å²) < 4.78 is 8.21. The van der Waals surface area contributed by atoms with Crippen LogP contribution in [0.4, 0.5) is 5.95 Å². The number of rotatable bonds is 4. The summed E-state index contributed by atoms with van der Waals surface area (Å²) in [5, 5.41) is 3.99. The molecule has 0 radical (unpaired) electrons. The normalized spacial score (nSPS) is 14.5. The van der Waals surface area contributed by atoms with Gasteiger partial charge in [0.2, 0.25) is 11.8 Å². The molecule has 3 heterocycles. The number of hydrogen-bond acceptors (Lipinski definition) is 7. The van der Waals surface area contributed by atoms with Gasteiger partial charge in [-0.3, -0.25) is 14.3 Å². The minimum absolute atomic E-state index is 0.333. The number of H-pyrrole nitrogens is 1. The van der Waals surface area contributed by atoms with Crippen molar-refractivity contribution in [3.05, 3.63) is 32.6 Å². The van der Waals surface area contributed by atoms with Gasteiger partial charge < -0.3 is 14.0 Å². The first-order chi connectivity index (χ1) is 11.5. The molecule has 1 N–H and O–H groups in total. The second-order valence-corrected chi connectivity index (χ2v) is 6.14. The number of hydrogen-bond donors (Lipinski definition) is 1. The summed E-state index contributed by atoms with van der Waals surface area (Å²) in [6.07, 6.45) is 2.19. The summed E-state index contributed by atoms with van der Waals surface area (Å²) >= 11 is 0.